The number of carbonyl (C=O) groups excluding carboxylic acids is 3. The van der Waals surface area contributed by atoms with Gasteiger partial charge in [-0.1, -0.05) is 24.3 Å². The van der Waals surface area contributed by atoms with Crippen LogP contribution in [0.4, 0.5) is 4.39 Å². The molecular formula is C18H18FNO4. The molecule has 2 unspecified atom stereocenters. The van der Waals surface area contributed by atoms with E-state index in [4.69, 9.17) is 4.74 Å². The summed E-state index contributed by atoms with van der Waals surface area (Å²) in [5, 5.41) is 0. The van der Waals surface area contributed by atoms with Crippen LogP contribution in [0, 0.1) is 17.7 Å². The number of amides is 2. The molecule has 2 atom stereocenters. The third kappa shape index (κ3) is 3.37. The number of ether oxygens (including phenoxy) is 1. The van der Waals surface area contributed by atoms with Crippen LogP contribution in [0.1, 0.15) is 24.8 Å². The molecule has 5 nitrogen and oxygen atoms in total. The van der Waals surface area contributed by atoms with Crippen LogP contribution >= 0.6 is 0 Å². The first-order valence-electron chi connectivity index (χ1n) is 7.96. The Kier molecular flexibility index (Phi) is 4.74. The van der Waals surface area contributed by atoms with Crippen LogP contribution in [0.2, 0.25) is 0 Å². The van der Waals surface area contributed by atoms with Crippen LogP contribution in [0.25, 0.3) is 0 Å². The van der Waals surface area contributed by atoms with Crippen LogP contribution in [-0.2, 0) is 25.7 Å². The highest BCUT2D eigenvalue weighted by Gasteiger charge is 2.46. The van der Waals surface area contributed by atoms with Crippen LogP contribution in [0.3, 0.4) is 0 Å². The number of halogens is 1. The van der Waals surface area contributed by atoms with Gasteiger partial charge in [0.25, 0.3) is 0 Å². The molecule has 24 heavy (non-hydrogen) atoms. The van der Waals surface area contributed by atoms with E-state index >= 15 is 0 Å². The number of nitrogens with zero attached hydrogens (tertiary/aromatic N) is 1. The average molecular weight is 331 g/mol. The van der Waals surface area contributed by atoms with Crippen molar-refractivity contribution in [3.8, 4) is 0 Å². The van der Waals surface area contributed by atoms with Crippen molar-refractivity contribution in [1.29, 1.82) is 0 Å². The highest BCUT2D eigenvalue weighted by Crippen LogP contribution is 2.34. The molecule has 1 aromatic carbocycles. The second kappa shape index (κ2) is 6.95. The van der Waals surface area contributed by atoms with Crippen molar-refractivity contribution in [3.63, 3.8) is 0 Å². The summed E-state index contributed by atoms with van der Waals surface area (Å²) in [5.74, 6) is -1.89. The molecule has 6 heteroatoms. The minimum Gasteiger partial charge on any atom is -0.461 e. The number of imide groups is 1. The number of hydrogen-bond donors (Lipinski definition) is 0. The second-order valence-electron chi connectivity index (χ2n) is 6.02. The molecule has 0 saturated carbocycles. The molecule has 0 bridgehead atoms. The summed E-state index contributed by atoms with van der Waals surface area (Å²) in [4.78, 5) is 37.5. The molecule has 2 aliphatic rings. The third-order valence-corrected chi connectivity index (χ3v) is 4.43. The SMILES string of the molecule is O=C(CCN1C(=O)C2CC=CCC2C1=O)OCc1cccc(F)c1. The summed E-state index contributed by atoms with van der Waals surface area (Å²) in [5.41, 5.74) is 0.550. The largest absolute Gasteiger partial charge is 0.461 e. The van der Waals surface area contributed by atoms with Gasteiger partial charge in [-0.25, -0.2) is 4.39 Å². The van der Waals surface area contributed by atoms with Gasteiger partial charge >= 0.3 is 5.97 Å². The van der Waals surface area contributed by atoms with Crippen molar-refractivity contribution >= 4 is 17.8 Å². The van der Waals surface area contributed by atoms with Crippen molar-refractivity contribution in [2.45, 2.75) is 25.9 Å². The van der Waals surface area contributed by atoms with Gasteiger partial charge < -0.3 is 4.74 Å². The normalized spacial score (nSPS) is 22.6. The lowest BCUT2D eigenvalue weighted by atomic mass is 9.85. The lowest BCUT2D eigenvalue weighted by Crippen LogP contribution is -2.33. The molecular weight excluding hydrogens is 313 g/mol. The molecule has 1 aliphatic heterocycles. The van der Waals surface area contributed by atoms with Gasteiger partial charge in [-0.15, -0.1) is 0 Å². The van der Waals surface area contributed by atoms with E-state index in [1.807, 2.05) is 12.2 Å². The van der Waals surface area contributed by atoms with E-state index in [1.165, 1.54) is 23.1 Å². The number of esters is 1. The predicted molar refractivity (Wildman–Crippen MR) is 82.9 cm³/mol. The Labute approximate surface area is 139 Å². The second-order valence-corrected chi connectivity index (χ2v) is 6.02. The smallest absolute Gasteiger partial charge is 0.307 e. The van der Waals surface area contributed by atoms with Gasteiger partial charge in [-0.3, -0.25) is 19.3 Å². The van der Waals surface area contributed by atoms with E-state index in [-0.39, 0.29) is 43.2 Å². The molecule has 0 N–H and O–H groups in total. The molecule has 1 saturated heterocycles. The molecule has 0 aromatic heterocycles. The Morgan fingerprint density at radius 2 is 1.83 bits per heavy atom. The van der Waals surface area contributed by atoms with E-state index in [0.29, 0.717) is 18.4 Å². The Hall–Kier alpha value is -2.50. The molecule has 3 rings (SSSR count). The van der Waals surface area contributed by atoms with Gasteiger partial charge in [0.15, 0.2) is 0 Å². The predicted octanol–water partition coefficient (Wildman–Crippen LogP) is 2.21. The van der Waals surface area contributed by atoms with Gasteiger partial charge in [0.05, 0.1) is 18.3 Å². The van der Waals surface area contributed by atoms with Gasteiger partial charge in [-0.05, 0) is 30.5 Å². The van der Waals surface area contributed by atoms with E-state index in [9.17, 15) is 18.8 Å². The zero-order valence-corrected chi connectivity index (χ0v) is 13.1. The van der Waals surface area contributed by atoms with Crippen LogP contribution in [0.15, 0.2) is 36.4 Å². The van der Waals surface area contributed by atoms with Gasteiger partial charge in [0.2, 0.25) is 11.8 Å². The zero-order valence-electron chi connectivity index (χ0n) is 13.1. The topological polar surface area (TPSA) is 63.7 Å². The maximum absolute atomic E-state index is 13.0. The fourth-order valence-corrected chi connectivity index (χ4v) is 3.16. The first-order chi connectivity index (χ1) is 11.6. The van der Waals surface area contributed by atoms with Crippen molar-refractivity contribution in [1.82, 2.24) is 4.90 Å². The molecule has 126 valence electrons. The van der Waals surface area contributed by atoms with Crippen molar-refractivity contribution in [2.24, 2.45) is 11.8 Å². The van der Waals surface area contributed by atoms with Gasteiger partial charge in [-0.2, -0.15) is 0 Å². The molecule has 0 radical (unpaired) electrons. The van der Waals surface area contributed by atoms with Crippen molar-refractivity contribution in [3.05, 3.63) is 47.8 Å². The summed E-state index contributed by atoms with van der Waals surface area (Å²) in [6, 6.07) is 5.79. The number of fused-ring (bicyclic) bond motifs is 1. The monoisotopic (exact) mass is 331 g/mol. The summed E-state index contributed by atoms with van der Waals surface area (Å²) in [7, 11) is 0. The minimum absolute atomic E-state index is 0.0341. The van der Waals surface area contributed by atoms with Crippen LogP contribution in [0.5, 0.6) is 0 Å². The van der Waals surface area contributed by atoms with Gasteiger partial charge in [0.1, 0.15) is 12.4 Å². The number of rotatable bonds is 5. The molecule has 1 fully saturated rings. The van der Waals surface area contributed by atoms with E-state index < -0.39 is 11.8 Å². The maximum atomic E-state index is 13.0. The van der Waals surface area contributed by atoms with Crippen molar-refractivity contribution in [2.75, 3.05) is 6.54 Å². The first kappa shape index (κ1) is 16.4. The Morgan fingerprint density at radius 3 is 2.46 bits per heavy atom. The maximum Gasteiger partial charge on any atom is 0.307 e. The summed E-state index contributed by atoms with van der Waals surface area (Å²) in [6.45, 7) is 0.000305. The Balaban J connectivity index is 1.49. The van der Waals surface area contributed by atoms with Crippen LogP contribution < -0.4 is 0 Å². The van der Waals surface area contributed by atoms with Crippen LogP contribution in [-0.4, -0.2) is 29.2 Å². The number of allylic oxidation sites excluding steroid dienone is 2. The first-order valence-corrected chi connectivity index (χ1v) is 7.96. The number of carbonyl (C=O) groups is 3. The van der Waals surface area contributed by atoms with E-state index in [2.05, 4.69) is 0 Å². The molecule has 1 heterocycles. The summed E-state index contributed by atoms with van der Waals surface area (Å²) >= 11 is 0. The van der Waals surface area contributed by atoms with Gasteiger partial charge in [0, 0.05) is 6.54 Å². The third-order valence-electron chi connectivity index (χ3n) is 4.43. The average Bonchev–Trinajstić information content (AvgIpc) is 2.83. The molecule has 1 aromatic rings. The highest BCUT2D eigenvalue weighted by atomic mass is 19.1. The Bertz CT molecular complexity index is 674. The number of likely N-dealkylation sites (tertiary alicyclic amines) is 1. The molecule has 0 spiro atoms. The fraction of sp³-hybridized carbons (Fsp3) is 0.389. The van der Waals surface area contributed by atoms with E-state index in [0.717, 1.165) is 0 Å². The fourth-order valence-electron chi connectivity index (χ4n) is 3.16. The number of benzene rings is 1. The quantitative estimate of drug-likeness (QED) is 0.471. The number of hydrogen-bond acceptors (Lipinski definition) is 4. The molecule has 1 aliphatic carbocycles. The molecule has 2 amide bonds. The summed E-state index contributed by atoms with van der Waals surface area (Å²) in [6.07, 6.45) is 4.94. The zero-order chi connectivity index (χ0) is 17.1. The lowest BCUT2D eigenvalue weighted by molar-refractivity contribution is -0.146. The summed E-state index contributed by atoms with van der Waals surface area (Å²) < 4.78 is 18.1. The minimum atomic E-state index is -0.521. The highest BCUT2D eigenvalue weighted by molar-refractivity contribution is 6.05. The standard InChI is InChI=1S/C18H18FNO4/c19-13-5-3-4-12(10-13)11-24-16(21)8-9-20-17(22)14-6-1-2-7-15(14)18(20)23/h1-5,10,14-15H,6-9,11H2. The Morgan fingerprint density at radius 1 is 1.17 bits per heavy atom. The lowest BCUT2D eigenvalue weighted by Gasteiger charge is -2.14. The van der Waals surface area contributed by atoms with Crippen molar-refractivity contribution < 1.29 is 23.5 Å². The van der Waals surface area contributed by atoms with E-state index in [1.54, 1.807) is 6.07 Å².